The smallest absolute Gasteiger partial charge is 0.274 e. The van der Waals surface area contributed by atoms with Crippen LogP contribution >= 0.6 is 0 Å². The molecule has 3 aromatic rings. The number of nitrogens with zero attached hydrogens (tertiary/aromatic N) is 6. The second-order valence-electron chi connectivity index (χ2n) is 6.28. The van der Waals surface area contributed by atoms with Gasteiger partial charge < -0.3 is 4.90 Å². The molecule has 130 valence electrons. The van der Waals surface area contributed by atoms with Crippen LogP contribution in [-0.4, -0.2) is 54.8 Å². The molecule has 0 spiro atoms. The predicted octanol–water partition coefficient (Wildman–Crippen LogP) is 1.88. The third-order valence-corrected chi connectivity index (χ3v) is 4.08. The zero-order valence-electron chi connectivity index (χ0n) is 14.8. The lowest BCUT2D eigenvalue weighted by atomic mass is 10.1. The van der Waals surface area contributed by atoms with E-state index in [9.17, 15) is 4.79 Å². The maximum absolute atomic E-state index is 12.7. The highest BCUT2D eigenvalue weighted by Gasteiger charge is 2.21. The average Bonchev–Trinajstić information content (AvgIpc) is 3.24. The molecule has 0 saturated carbocycles. The van der Waals surface area contributed by atoms with E-state index in [1.165, 1.54) is 5.56 Å². The summed E-state index contributed by atoms with van der Waals surface area (Å²) in [6, 6.07) is 9.84. The summed E-state index contributed by atoms with van der Waals surface area (Å²) in [4.78, 5) is 14.3. The van der Waals surface area contributed by atoms with Gasteiger partial charge in [-0.15, -0.1) is 10.2 Å². The van der Waals surface area contributed by atoms with Crippen molar-refractivity contribution in [3.05, 3.63) is 53.1 Å². The van der Waals surface area contributed by atoms with Crippen LogP contribution < -0.4 is 0 Å². The van der Waals surface area contributed by atoms with Gasteiger partial charge in [-0.05, 0) is 32.0 Å². The van der Waals surface area contributed by atoms with Crippen LogP contribution in [0.3, 0.4) is 0 Å². The molecule has 2 heterocycles. The molecule has 25 heavy (non-hydrogen) atoms. The molecule has 0 bridgehead atoms. The number of hydrogen-bond donors (Lipinski definition) is 1. The first-order valence-corrected chi connectivity index (χ1v) is 8.08. The number of rotatable bonds is 5. The Bertz CT molecular complexity index is 852. The predicted molar refractivity (Wildman–Crippen MR) is 92.6 cm³/mol. The van der Waals surface area contributed by atoms with E-state index >= 15 is 0 Å². The third-order valence-electron chi connectivity index (χ3n) is 4.08. The minimum absolute atomic E-state index is 0.0204. The van der Waals surface area contributed by atoms with Gasteiger partial charge in [0.05, 0.1) is 5.69 Å². The summed E-state index contributed by atoms with van der Waals surface area (Å²) in [5, 5.41) is 18.4. The molecule has 2 aromatic heterocycles. The Morgan fingerprint density at radius 1 is 1.28 bits per heavy atom. The van der Waals surface area contributed by atoms with Gasteiger partial charge in [0.25, 0.3) is 5.91 Å². The normalized spacial score (nSPS) is 12.2. The van der Waals surface area contributed by atoms with Crippen molar-refractivity contribution in [1.82, 2.24) is 35.3 Å². The van der Waals surface area contributed by atoms with Gasteiger partial charge in [-0.2, -0.15) is 10.3 Å². The second-order valence-corrected chi connectivity index (χ2v) is 6.28. The van der Waals surface area contributed by atoms with Crippen molar-refractivity contribution in [3.63, 3.8) is 0 Å². The van der Waals surface area contributed by atoms with E-state index in [1.807, 2.05) is 45.0 Å². The summed E-state index contributed by atoms with van der Waals surface area (Å²) in [5.41, 5.74) is 3.44. The second kappa shape index (κ2) is 6.84. The first-order valence-electron chi connectivity index (χ1n) is 8.08. The molecule has 1 atom stereocenters. The van der Waals surface area contributed by atoms with Crippen molar-refractivity contribution in [3.8, 4) is 5.69 Å². The molecular formula is C17H21N7O. The van der Waals surface area contributed by atoms with Crippen molar-refractivity contribution >= 4 is 5.91 Å². The van der Waals surface area contributed by atoms with Gasteiger partial charge in [-0.25, -0.2) is 4.68 Å². The van der Waals surface area contributed by atoms with Gasteiger partial charge in [-0.3, -0.25) is 4.79 Å². The zero-order chi connectivity index (χ0) is 18.0. The number of amides is 1. The molecule has 8 nitrogen and oxygen atoms in total. The molecule has 3 rings (SSSR count). The molecule has 0 unspecified atom stereocenters. The topological polar surface area (TPSA) is 92.6 Å². The van der Waals surface area contributed by atoms with Crippen LogP contribution in [0.2, 0.25) is 0 Å². The fraction of sp³-hybridized carbons (Fsp3) is 0.353. The van der Waals surface area contributed by atoms with Gasteiger partial charge in [-0.1, -0.05) is 29.8 Å². The van der Waals surface area contributed by atoms with Crippen LogP contribution in [0.4, 0.5) is 0 Å². The van der Waals surface area contributed by atoms with Crippen molar-refractivity contribution in [2.75, 3.05) is 13.6 Å². The van der Waals surface area contributed by atoms with E-state index in [4.69, 9.17) is 0 Å². The summed E-state index contributed by atoms with van der Waals surface area (Å²) in [5.74, 6) is 0.429. The lowest BCUT2D eigenvalue weighted by Gasteiger charge is -2.18. The van der Waals surface area contributed by atoms with Gasteiger partial charge in [0, 0.05) is 25.2 Å². The number of nitrogens with one attached hydrogen (secondary N) is 1. The van der Waals surface area contributed by atoms with Crippen molar-refractivity contribution in [2.24, 2.45) is 0 Å². The maximum atomic E-state index is 12.7. The Hall–Kier alpha value is -3.03. The Balaban J connectivity index is 1.76. The van der Waals surface area contributed by atoms with Gasteiger partial charge in [0.2, 0.25) is 0 Å². The van der Waals surface area contributed by atoms with Crippen LogP contribution in [0, 0.1) is 13.8 Å². The summed E-state index contributed by atoms with van der Waals surface area (Å²) < 4.78 is 1.78. The van der Waals surface area contributed by atoms with Crippen LogP contribution in [0.15, 0.2) is 30.3 Å². The lowest BCUT2D eigenvalue weighted by molar-refractivity contribution is 0.0781. The van der Waals surface area contributed by atoms with Crippen molar-refractivity contribution in [1.29, 1.82) is 0 Å². The van der Waals surface area contributed by atoms with Crippen LogP contribution in [-0.2, 0) is 0 Å². The summed E-state index contributed by atoms with van der Waals surface area (Å²) in [6.45, 7) is 6.40. The van der Waals surface area contributed by atoms with E-state index < -0.39 is 0 Å². The number of carbonyl (C=O) groups is 1. The number of aromatic amines is 1. The number of carbonyl (C=O) groups excluding carboxylic acids is 1. The maximum Gasteiger partial charge on any atom is 0.274 e. The molecule has 0 fully saturated rings. The standard InChI is InChI=1S/C17H21N7O/c1-11-5-7-14(8-6-11)24-13(3)9-15(20-24)17(25)23(4)10-12(2)16-18-21-22-19-16/h5-9,12H,10H2,1-4H3,(H,18,19,21,22)/t12-/m0/s1. The number of hydrogen-bond acceptors (Lipinski definition) is 5. The number of H-pyrrole nitrogens is 1. The average molecular weight is 339 g/mol. The SMILES string of the molecule is Cc1ccc(-n2nc(C(=O)N(C)C[C@H](C)c3nn[nH]n3)cc2C)cc1. The molecule has 1 aromatic carbocycles. The largest absolute Gasteiger partial charge is 0.340 e. The quantitative estimate of drug-likeness (QED) is 0.766. The fourth-order valence-electron chi connectivity index (χ4n) is 2.68. The molecule has 0 aliphatic rings. The van der Waals surface area contributed by atoms with E-state index in [1.54, 1.807) is 22.7 Å². The zero-order valence-corrected chi connectivity index (χ0v) is 14.8. The first kappa shape index (κ1) is 16.8. The molecule has 1 N–H and O–H groups in total. The number of likely N-dealkylation sites (N-methyl/N-ethyl adjacent to an activating group) is 1. The highest BCUT2D eigenvalue weighted by atomic mass is 16.2. The van der Waals surface area contributed by atoms with Crippen LogP contribution in [0.5, 0.6) is 0 Å². The van der Waals surface area contributed by atoms with Crippen molar-refractivity contribution < 1.29 is 4.79 Å². The van der Waals surface area contributed by atoms with Crippen molar-refractivity contribution in [2.45, 2.75) is 26.7 Å². The minimum Gasteiger partial charge on any atom is -0.340 e. The lowest BCUT2D eigenvalue weighted by Crippen LogP contribution is -2.31. The van der Waals surface area contributed by atoms with E-state index in [2.05, 4.69) is 25.7 Å². The Morgan fingerprint density at radius 2 is 2.00 bits per heavy atom. The Morgan fingerprint density at radius 3 is 2.64 bits per heavy atom. The van der Waals surface area contributed by atoms with Gasteiger partial charge in [0.15, 0.2) is 11.5 Å². The fourth-order valence-corrected chi connectivity index (χ4v) is 2.68. The summed E-state index contributed by atoms with van der Waals surface area (Å²) in [7, 11) is 1.75. The molecular weight excluding hydrogens is 318 g/mol. The number of tetrazole rings is 1. The highest BCUT2D eigenvalue weighted by Crippen LogP contribution is 2.16. The molecule has 1 amide bonds. The first-order chi connectivity index (χ1) is 12.0. The monoisotopic (exact) mass is 339 g/mol. The van der Waals surface area contributed by atoms with Gasteiger partial charge in [0.1, 0.15) is 0 Å². The van der Waals surface area contributed by atoms with E-state index in [-0.39, 0.29) is 11.8 Å². The highest BCUT2D eigenvalue weighted by molar-refractivity contribution is 5.92. The third kappa shape index (κ3) is 3.57. The van der Waals surface area contributed by atoms with E-state index in [0.717, 1.165) is 11.4 Å². The Labute approximate surface area is 145 Å². The van der Waals surface area contributed by atoms with Crippen LogP contribution in [0.25, 0.3) is 5.69 Å². The van der Waals surface area contributed by atoms with Gasteiger partial charge >= 0.3 is 0 Å². The number of benzene rings is 1. The summed E-state index contributed by atoms with van der Waals surface area (Å²) >= 11 is 0. The molecule has 0 aliphatic carbocycles. The molecule has 0 radical (unpaired) electrons. The van der Waals surface area contributed by atoms with Crippen LogP contribution in [0.1, 0.15) is 40.4 Å². The van der Waals surface area contributed by atoms with E-state index in [0.29, 0.717) is 18.1 Å². The molecule has 0 aliphatic heterocycles. The molecule has 0 saturated heterocycles. The number of aromatic nitrogens is 6. The Kier molecular flexibility index (Phi) is 4.60. The number of aryl methyl sites for hydroxylation is 2. The molecule has 8 heteroatoms. The minimum atomic E-state index is -0.135. The summed E-state index contributed by atoms with van der Waals surface area (Å²) in [6.07, 6.45) is 0.